The number of fused-ring (bicyclic) bond motifs is 1. The average molecular weight is 645 g/mol. The Labute approximate surface area is 260 Å². The van der Waals surface area contributed by atoms with Crippen LogP contribution in [0.1, 0.15) is 47.2 Å². The molecule has 5 rings (SSSR count). The number of halogens is 5. The summed E-state index contributed by atoms with van der Waals surface area (Å²) in [5.41, 5.74) is 0.441. The van der Waals surface area contributed by atoms with Crippen LogP contribution in [0.2, 0.25) is 10.0 Å². The van der Waals surface area contributed by atoms with Gasteiger partial charge in [0.2, 0.25) is 0 Å². The summed E-state index contributed by atoms with van der Waals surface area (Å²) in [5.74, 6) is -2.15. The van der Waals surface area contributed by atoms with Crippen molar-refractivity contribution in [2.24, 2.45) is 4.99 Å². The Morgan fingerprint density at radius 3 is 2.51 bits per heavy atom. The van der Waals surface area contributed by atoms with Gasteiger partial charge in [-0.15, -0.1) is 11.3 Å². The van der Waals surface area contributed by atoms with Crippen LogP contribution in [0.25, 0.3) is 21.5 Å². The third-order valence-corrected chi connectivity index (χ3v) is 8.65. The van der Waals surface area contributed by atoms with Crippen LogP contribution in [0.3, 0.4) is 0 Å². The highest BCUT2D eigenvalue weighted by Gasteiger charge is 2.29. The summed E-state index contributed by atoms with van der Waals surface area (Å²) in [6.45, 7) is 4.86. The molecule has 11 heteroatoms. The molecule has 5 nitrogen and oxygen atoms in total. The molecule has 0 aliphatic rings. The van der Waals surface area contributed by atoms with Gasteiger partial charge < -0.3 is 9.84 Å². The van der Waals surface area contributed by atoms with E-state index in [1.54, 1.807) is 25.5 Å². The van der Waals surface area contributed by atoms with Crippen molar-refractivity contribution in [1.82, 2.24) is 9.97 Å². The molecule has 2 aromatic heterocycles. The fourth-order valence-corrected chi connectivity index (χ4v) is 6.08. The van der Waals surface area contributed by atoms with Gasteiger partial charge in [-0.05, 0) is 74.4 Å². The van der Waals surface area contributed by atoms with Gasteiger partial charge in [-0.1, -0.05) is 35.3 Å². The minimum atomic E-state index is -1.64. The number of hydrogen-bond donors (Lipinski definition) is 1. The zero-order chi connectivity index (χ0) is 31.1. The molecule has 1 unspecified atom stereocenters. The number of nitrogens with zero attached hydrogens (tertiary/aromatic N) is 3. The van der Waals surface area contributed by atoms with Crippen molar-refractivity contribution in [3.05, 3.63) is 109 Å². The van der Waals surface area contributed by atoms with E-state index >= 15 is 4.39 Å². The Morgan fingerprint density at radius 1 is 1.05 bits per heavy atom. The molecule has 0 aliphatic heterocycles. The number of rotatable bonds is 8. The molecule has 2 heterocycles. The predicted molar refractivity (Wildman–Crippen MR) is 166 cm³/mol. The van der Waals surface area contributed by atoms with Gasteiger partial charge in [0.1, 0.15) is 28.6 Å². The zero-order valence-corrected chi connectivity index (χ0v) is 25.9. The second-order valence-corrected chi connectivity index (χ2v) is 12.4. The second-order valence-electron chi connectivity index (χ2n) is 10.4. The van der Waals surface area contributed by atoms with Crippen LogP contribution in [-0.2, 0) is 5.60 Å². The van der Waals surface area contributed by atoms with E-state index in [0.29, 0.717) is 17.0 Å². The van der Waals surface area contributed by atoms with Crippen molar-refractivity contribution < 1.29 is 23.0 Å². The number of methoxy groups -OCH3 is 1. The lowest BCUT2D eigenvalue weighted by atomic mass is 9.89. The maximum absolute atomic E-state index is 15.9. The third kappa shape index (κ3) is 6.40. The Bertz CT molecular complexity index is 1870. The monoisotopic (exact) mass is 643 g/mol. The number of aryl methyl sites for hydroxylation is 1. The summed E-state index contributed by atoms with van der Waals surface area (Å²) in [5, 5.41) is 11.2. The van der Waals surface area contributed by atoms with Crippen LogP contribution in [0.5, 0.6) is 5.75 Å². The number of aromatic nitrogens is 2. The van der Waals surface area contributed by atoms with Crippen LogP contribution in [-0.4, -0.2) is 34.9 Å². The van der Waals surface area contributed by atoms with Crippen LogP contribution in [0.15, 0.2) is 59.6 Å². The number of aliphatic hydroxyl groups is 1. The largest absolute Gasteiger partial charge is 0.494 e. The van der Waals surface area contributed by atoms with Crippen molar-refractivity contribution in [3.63, 3.8) is 0 Å². The van der Waals surface area contributed by atoms with E-state index in [1.165, 1.54) is 49.4 Å². The summed E-state index contributed by atoms with van der Waals surface area (Å²) in [7, 11) is 1.57. The highest BCUT2D eigenvalue weighted by atomic mass is 35.5. The van der Waals surface area contributed by atoms with E-state index in [9.17, 15) is 13.9 Å². The van der Waals surface area contributed by atoms with E-state index in [-0.39, 0.29) is 33.4 Å². The molecule has 0 amide bonds. The topological polar surface area (TPSA) is 67.6 Å². The minimum absolute atomic E-state index is 0.0414. The number of ether oxygens (including phenoxy) is 1. The molecule has 0 saturated carbocycles. The van der Waals surface area contributed by atoms with Crippen molar-refractivity contribution in [2.75, 3.05) is 13.7 Å². The summed E-state index contributed by atoms with van der Waals surface area (Å²) >= 11 is 13.9. The summed E-state index contributed by atoms with van der Waals surface area (Å²) < 4.78 is 50.9. The highest BCUT2D eigenvalue weighted by Crippen LogP contribution is 2.40. The number of pyridine rings is 1. The number of aliphatic imine (C=N–C) groups is 1. The maximum Gasteiger partial charge on any atom is 0.155 e. The Kier molecular flexibility index (Phi) is 8.81. The first kappa shape index (κ1) is 30.9. The Morgan fingerprint density at radius 2 is 1.81 bits per heavy atom. The first-order chi connectivity index (χ1) is 20.4. The van der Waals surface area contributed by atoms with Gasteiger partial charge in [-0.25, -0.2) is 23.1 Å². The molecular weight excluding hydrogens is 618 g/mol. The van der Waals surface area contributed by atoms with E-state index in [4.69, 9.17) is 27.9 Å². The van der Waals surface area contributed by atoms with Crippen LogP contribution in [0.4, 0.5) is 13.2 Å². The van der Waals surface area contributed by atoms with E-state index in [2.05, 4.69) is 15.0 Å². The smallest absolute Gasteiger partial charge is 0.155 e. The van der Waals surface area contributed by atoms with Crippen LogP contribution >= 0.6 is 34.5 Å². The van der Waals surface area contributed by atoms with Gasteiger partial charge in [-0.2, -0.15) is 0 Å². The molecule has 0 bridgehead atoms. The third-order valence-electron chi connectivity index (χ3n) is 6.87. The lowest BCUT2D eigenvalue weighted by molar-refractivity contribution is 0.0743. The summed E-state index contributed by atoms with van der Waals surface area (Å²) in [6.07, 6.45) is 1.67. The molecule has 222 valence electrons. The van der Waals surface area contributed by atoms with Gasteiger partial charge in [0.25, 0.3) is 0 Å². The van der Waals surface area contributed by atoms with E-state index in [1.807, 2.05) is 19.1 Å². The predicted octanol–water partition coefficient (Wildman–Crippen LogP) is 8.88. The molecule has 5 aromatic rings. The summed E-state index contributed by atoms with van der Waals surface area (Å²) in [4.78, 5) is 13.8. The molecule has 1 N–H and O–H groups in total. The van der Waals surface area contributed by atoms with E-state index < -0.39 is 29.0 Å². The fourth-order valence-electron chi connectivity index (χ4n) is 4.78. The van der Waals surface area contributed by atoms with Crippen LogP contribution in [0, 0.1) is 24.4 Å². The average Bonchev–Trinajstić information content (AvgIpc) is 3.33. The summed E-state index contributed by atoms with van der Waals surface area (Å²) in [6, 6.07) is 13.5. The molecule has 0 aliphatic carbocycles. The van der Waals surface area contributed by atoms with Crippen molar-refractivity contribution in [2.45, 2.75) is 32.3 Å². The number of benzene rings is 3. The quantitative estimate of drug-likeness (QED) is 0.135. The van der Waals surface area contributed by atoms with Gasteiger partial charge in [0.15, 0.2) is 5.82 Å². The Balaban J connectivity index is 1.64. The molecule has 0 spiro atoms. The van der Waals surface area contributed by atoms with Gasteiger partial charge in [-0.3, -0.25) is 4.99 Å². The maximum atomic E-state index is 15.9. The molecule has 0 saturated heterocycles. The molecular formula is C32H26Cl2F3N3O2S. The SMILES string of the molecule is COc1cc(C=NCC(c2cccc(F)c2)c2cc(C(C)(C)O)c(F)c(-c3ccc(F)c(Cl)c3Cl)n2)cc2sc(C)nc12. The molecule has 0 fully saturated rings. The standard InChI is InChI=1S/C32H26Cl2F3N3O2S/c1-16-39-31-25(42-4)10-17(11-26(31)43-16)14-38-15-21(18-6-5-7-19(35)12-18)24-13-22(32(2,3)41)29(37)30(40-24)20-8-9-23(36)28(34)27(20)33/h5-14,21,41H,15H2,1-4H3. The molecule has 3 aromatic carbocycles. The molecule has 43 heavy (non-hydrogen) atoms. The van der Waals surface area contributed by atoms with E-state index in [0.717, 1.165) is 26.9 Å². The van der Waals surface area contributed by atoms with Gasteiger partial charge in [0.05, 0.1) is 44.7 Å². The number of thiazole rings is 1. The fraction of sp³-hybridized carbons (Fsp3) is 0.219. The first-order valence-corrected chi connectivity index (χ1v) is 14.7. The zero-order valence-electron chi connectivity index (χ0n) is 23.6. The van der Waals surface area contributed by atoms with Gasteiger partial charge in [0, 0.05) is 23.3 Å². The first-order valence-electron chi connectivity index (χ1n) is 13.1. The lowest BCUT2D eigenvalue weighted by Crippen LogP contribution is -2.21. The van der Waals surface area contributed by atoms with Gasteiger partial charge >= 0.3 is 0 Å². The highest BCUT2D eigenvalue weighted by molar-refractivity contribution is 7.18. The minimum Gasteiger partial charge on any atom is -0.494 e. The Hall–Kier alpha value is -3.50. The normalized spacial score (nSPS) is 12.8. The van der Waals surface area contributed by atoms with Crippen molar-refractivity contribution >= 4 is 51.0 Å². The second kappa shape index (κ2) is 12.2. The van der Waals surface area contributed by atoms with Crippen molar-refractivity contribution in [3.8, 4) is 17.0 Å². The van der Waals surface area contributed by atoms with Crippen LogP contribution < -0.4 is 4.74 Å². The van der Waals surface area contributed by atoms with Crippen molar-refractivity contribution in [1.29, 1.82) is 0 Å². The molecule has 0 radical (unpaired) electrons. The molecule has 1 atom stereocenters. The number of hydrogen-bond acceptors (Lipinski definition) is 6. The lowest BCUT2D eigenvalue weighted by Gasteiger charge is -2.24.